The molecule has 4 amide bonds. The zero-order valence-corrected chi connectivity index (χ0v) is 26.9. The second-order valence-electron chi connectivity index (χ2n) is 12.0. The van der Waals surface area contributed by atoms with Gasteiger partial charge in [0.25, 0.3) is 0 Å². The lowest BCUT2D eigenvalue weighted by Crippen LogP contribution is -2.59. The number of ketones is 1. The first-order valence-corrected chi connectivity index (χ1v) is 16.0. The van der Waals surface area contributed by atoms with Crippen LogP contribution in [0.15, 0.2) is 67.3 Å². The number of aliphatic hydroxyl groups excluding tert-OH is 1. The Labute approximate surface area is 285 Å². The molecule has 0 bridgehead atoms. The number of para-hydroxylation sites is 1. The van der Waals surface area contributed by atoms with Gasteiger partial charge in [-0.25, -0.2) is 4.98 Å². The number of aromatic hydroxyl groups is 1. The van der Waals surface area contributed by atoms with Gasteiger partial charge in [-0.2, -0.15) is 0 Å². The molecule has 9 N–H and O–H groups in total. The highest BCUT2D eigenvalue weighted by Crippen LogP contribution is 2.21. The van der Waals surface area contributed by atoms with E-state index in [9.17, 15) is 39.0 Å². The minimum Gasteiger partial charge on any atom is -0.508 e. The molecule has 5 atom stereocenters. The highest BCUT2D eigenvalue weighted by atomic mass is 16.3. The van der Waals surface area contributed by atoms with E-state index in [-0.39, 0.29) is 43.5 Å². The van der Waals surface area contributed by atoms with Gasteiger partial charge in [0.15, 0.2) is 0 Å². The third-order valence-electron chi connectivity index (χ3n) is 8.58. The summed E-state index contributed by atoms with van der Waals surface area (Å²) < 4.78 is 0. The van der Waals surface area contributed by atoms with E-state index in [4.69, 9.17) is 5.73 Å². The summed E-state index contributed by atoms with van der Waals surface area (Å²) in [6.45, 7) is -0.661. The number of fused-ring (bicyclic) bond motifs is 1. The molecule has 262 valence electrons. The fourth-order valence-corrected chi connectivity index (χ4v) is 5.92. The maximum absolute atomic E-state index is 14.0. The topological polar surface area (TPSA) is 253 Å². The molecule has 0 radical (unpaired) electrons. The van der Waals surface area contributed by atoms with Crippen LogP contribution in [-0.2, 0) is 36.8 Å². The number of nitrogens with zero attached hydrogens (tertiary/aromatic N) is 2. The fourth-order valence-electron chi connectivity index (χ4n) is 5.92. The average Bonchev–Trinajstić information content (AvgIpc) is 3.91. The lowest BCUT2D eigenvalue weighted by atomic mass is 10.0. The lowest BCUT2D eigenvalue weighted by Gasteiger charge is -2.30. The number of carbonyl (C=O) groups is 6. The van der Waals surface area contributed by atoms with Gasteiger partial charge in [0.05, 0.1) is 25.2 Å². The number of imidazole rings is 1. The number of nitrogens with one attached hydrogen (secondary N) is 5. The van der Waals surface area contributed by atoms with Crippen LogP contribution in [0.5, 0.6) is 5.75 Å². The summed E-state index contributed by atoms with van der Waals surface area (Å²) in [4.78, 5) is 89.0. The molecule has 5 rings (SSSR count). The predicted molar refractivity (Wildman–Crippen MR) is 178 cm³/mol. The van der Waals surface area contributed by atoms with E-state index in [2.05, 4.69) is 30.9 Å². The van der Waals surface area contributed by atoms with Crippen LogP contribution in [0.3, 0.4) is 0 Å². The van der Waals surface area contributed by atoms with E-state index in [0.717, 1.165) is 16.5 Å². The number of hydrogen-bond donors (Lipinski definition) is 8. The predicted octanol–water partition coefficient (Wildman–Crippen LogP) is -0.771. The van der Waals surface area contributed by atoms with Gasteiger partial charge in [-0.1, -0.05) is 30.3 Å². The summed E-state index contributed by atoms with van der Waals surface area (Å²) in [7, 11) is 0. The Morgan fingerprint density at radius 2 is 1.72 bits per heavy atom. The number of amides is 4. The summed E-state index contributed by atoms with van der Waals surface area (Å²) in [5, 5.41) is 28.2. The van der Waals surface area contributed by atoms with Gasteiger partial charge in [-0.15, -0.1) is 0 Å². The second kappa shape index (κ2) is 16.0. The second-order valence-corrected chi connectivity index (χ2v) is 12.0. The highest BCUT2D eigenvalue weighted by Gasteiger charge is 2.39. The molecule has 16 heteroatoms. The molecule has 0 unspecified atom stereocenters. The number of H-pyrrole nitrogens is 2. The minimum atomic E-state index is -1.52. The molecule has 50 heavy (non-hydrogen) atoms. The highest BCUT2D eigenvalue weighted by molar-refractivity contribution is 6.09. The third-order valence-corrected chi connectivity index (χ3v) is 8.58. The first-order chi connectivity index (χ1) is 24.1. The number of phenols is 1. The van der Waals surface area contributed by atoms with Crippen molar-refractivity contribution in [2.45, 2.75) is 55.9 Å². The molecule has 3 heterocycles. The van der Waals surface area contributed by atoms with Crippen molar-refractivity contribution in [2.24, 2.45) is 5.73 Å². The summed E-state index contributed by atoms with van der Waals surface area (Å²) in [5.74, 6) is -3.68. The first-order valence-electron chi connectivity index (χ1n) is 16.0. The lowest BCUT2D eigenvalue weighted by molar-refractivity contribution is -0.142. The van der Waals surface area contributed by atoms with Crippen LogP contribution in [0.25, 0.3) is 10.9 Å². The molecule has 0 aliphatic carbocycles. The van der Waals surface area contributed by atoms with Crippen LogP contribution < -0.4 is 21.7 Å². The van der Waals surface area contributed by atoms with Gasteiger partial charge in [0.2, 0.25) is 29.4 Å². The molecule has 1 aliphatic rings. The molecule has 2 aromatic carbocycles. The standard InChI is InChI=1S/C34H38N8O8/c35-23(13-20-14-37-24-5-2-1-4-22(20)24)31(47)41-28(17-44)32(48)39-25(12-19-7-9-21(45)10-8-19)34(50)42-11-3-6-29(42)33(49)40-27(16-43)30(46)26-15-36-18-38-26/h1-2,4-5,7-10,14-16,18,23,25,27-29,37,44-45H,3,6,11-13,17,35H2,(H,36,38)(H,39,48)(H,40,49)(H,41,47)/t23-,25-,27+,28-,29-/m0/s1. The monoisotopic (exact) mass is 686 g/mol. The number of aldehydes is 1. The Kier molecular flexibility index (Phi) is 11.4. The van der Waals surface area contributed by atoms with E-state index in [1.165, 1.54) is 29.6 Å². The molecule has 2 aromatic heterocycles. The number of likely N-dealkylation sites (tertiary alicyclic amines) is 1. The van der Waals surface area contributed by atoms with Crippen LogP contribution >= 0.6 is 0 Å². The molecule has 4 aromatic rings. The van der Waals surface area contributed by atoms with E-state index in [1.807, 2.05) is 24.3 Å². The van der Waals surface area contributed by atoms with E-state index < -0.39 is 66.2 Å². The van der Waals surface area contributed by atoms with Gasteiger partial charge in [-0.05, 0) is 48.6 Å². The Morgan fingerprint density at radius 1 is 0.980 bits per heavy atom. The van der Waals surface area contributed by atoms with E-state index in [0.29, 0.717) is 12.0 Å². The molecular formula is C34H38N8O8. The van der Waals surface area contributed by atoms with Gasteiger partial charge in [0.1, 0.15) is 41.9 Å². The molecule has 16 nitrogen and oxygen atoms in total. The van der Waals surface area contributed by atoms with Crippen molar-refractivity contribution in [3.05, 3.63) is 84.1 Å². The van der Waals surface area contributed by atoms with Crippen LogP contribution in [0.2, 0.25) is 0 Å². The Hall–Kier alpha value is -5.87. The molecule has 0 spiro atoms. The number of nitrogens with two attached hydrogens (primary N) is 1. The number of carbonyl (C=O) groups excluding carboxylic acids is 6. The van der Waals surface area contributed by atoms with Crippen molar-refractivity contribution in [3.63, 3.8) is 0 Å². The van der Waals surface area contributed by atoms with E-state index in [1.54, 1.807) is 18.3 Å². The first kappa shape index (κ1) is 35.4. The zero-order valence-electron chi connectivity index (χ0n) is 26.9. The molecule has 1 aliphatic heterocycles. The number of aliphatic hydroxyl groups is 1. The molecule has 0 saturated carbocycles. The number of Topliss-reactive ketones (excluding diaryl/α,β-unsaturated/α-hetero) is 1. The summed E-state index contributed by atoms with van der Waals surface area (Å²) in [6, 6.07) is 7.03. The van der Waals surface area contributed by atoms with Gasteiger partial charge < -0.3 is 51.6 Å². The number of aromatic nitrogens is 3. The quantitative estimate of drug-likeness (QED) is 0.0440. The van der Waals surface area contributed by atoms with Crippen LogP contribution in [0.4, 0.5) is 0 Å². The Morgan fingerprint density at radius 3 is 2.42 bits per heavy atom. The van der Waals surface area contributed by atoms with Gasteiger partial charge in [0, 0.05) is 30.1 Å². The van der Waals surface area contributed by atoms with Crippen LogP contribution in [0, 0.1) is 0 Å². The SMILES string of the molecule is N[C@@H](Cc1c[nH]c2ccccc12)C(=O)N[C@@H](CO)C(=O)N[C@@H](Cc1ccc(O)cc1)C(=O)N1CCC[C@H]1C(=O)N[C@H](C=O)C(=O)c1cnc[nH]1. The smallest absolute Gasteiger partial charge is 0.246 e. The average molecular weight is 687 g/mol. The van der Waals surface area contributed by atoms with E-state index >= 15 is 0 Å². The summed E-state index contributed by atoms with van der Waals surface area (Å²) in [6.07, 6.45) is 5.22. The number of hydrogen-bond acceptors (Lipinski definition) is 10. The number of rotatable bonds is 15. The summed E-state index contributed by atoms with van der Waals surface area (Å²) in [5.41, 5.74) is 8.41. The van der Waals surface area contributed by atoms with Gasteiger partial charge in [-0.3, -0.25) is 24.0 Å². The van der Waals surface area contributed by atoms with Crippen molar-refractivity contribution in [3.8, 4) is 5.75 Å². The van der Waals surface area contributed by atoms with Crippen molar-refractivity contribution in [2.75, 3.05) is 13.2 Å². The maximum atomic E-state index is 14.0. The van der Waals surface area contributed by atoms with Gasteiger partial charge >= 0.3 is 0 Å². The number of aromatic amines is 2. The molecular weight excluding hydrogens is 648 g/mol. The third kappa shape index (κ3) is 8.22. The fraction of sp³-hybridized carbons (Fsp3) is 0.324. The maximum Gasteiger partial charge on any atom is 0.246 e. The summed E-state index contributed by atoms with van der Waals surface area (Å²) >= 11 is 0. The van der Waals surface area contributed by atoms with Crippen molar-refractivity contribution in [1.82, 2.24) is 35.8 Å². The molecule has 1 saturated heterocycles. The Balaban J connectivity index is 1.28. The number of phenolic OH excluding ortho intramolecular Hbond substituents is 1. The minimum absolute atomic E-state index is 0.0154. The molecule has 1 fully saturated rings. The largest absolute Gasteiger partial charge is 0.508 e. The zero-order chi connectivity index (χ0) is 35.8. The van der Waals surface area contributed by atoms with Crippen molar-refractivity contribution < 1.29 is 39.0 Å². The van der Waals surface area contributed by atoms with Crippen molar-refractivity contribution in [1.29, 1.82) is 0 Å². The Bertz CT molecular complexity index is 1840. The van der Waals surface area contributed by atoms with Crippen LogP contribution in [0.1, 0.15) is 34.5 Å². The van der Waals surface area contributed by atoms with Crippen molar-refractivity contribution >= 4 is 46.6 Å². The normalized spacial score (nSPS) is 16.6. The van der Waals surface area contributed by atoms with Crippen LogP contribution in [-0.4, -0.2) is 109 Å². The number of benzene rings is 2.